The number of aryl methyl sites for hydroxylation is 1. The van der Waals surface area contributed by atoms with Crippen molar-refractivity contribution in [2.45, 2.75) is 50.3 Å². The first-order valence-electron chi connectivity index (χ1n) is 10.7. The number of carbonyl (C=O) groups is 1. The van der Waals surface area contributed by atoms with Gasteiger partial charge in [-0.15, -0.1) is 10.2 Å². The van der Waals surface area contributed by atoms with Crippen molar-refractivity contribution in [3.05, 3.63) is 35.5 Å². The largest absolute Gasteiger partial charge is 0.326 e. The Balaban J connectivity index is 1.67. The van der Waals surface area contributed by atoms with Crippen molar-refractivity contribution in [3.63, 3.8) is 0 Å². The molecule has 0 radical (unpaired) electrons. The zero-order valence-electron chi connectivity index (χ0n) is 19.1. The molecular weight excluding hydrogens is 462 g/mol. The van der Waals surface area contributed by atoms with E-state index in [1.165, 1.54) is 23.4 Å². The van der Waals surface area contributed by atoms with Gasteiger partial charge in [0.05, 0.1) is 4.90 Å². The number of nitrogens with zero attached hydrogens (tertiary/aromatic N) is 6. The Bertz CT molecular complexity index is 1280. The molecule has 10 nitrogen and oxygen atoms in total. The molecule has 1 N–H and O–H groups in total. The molecule has 0 bridgehead atoms. The van der Waals surface area contributed by atoms with Gasteiger partial charge in [0, 0.05) is 57.0 Å². The van der Waals surface area contributed by atoms with Crippen LogP contribution in [-0.2, 0) is 41.4 Å². The number of amides is 1. The molecular formula is C21H27N7O3S2. The summed E-state index contributed by atoms with van der Waals surface area (Å²) in [7, 11) is -1.85. The van der Waals surface area contributed by atoms with E-state index in [-0.39, 0.29) is 17.3 Å². The molecule has 0 fully saturated rings. The molecule has 1 aromatic carbocycles. The molecule has 0 unspecified atom stereocenters. The molecule has 3 aromatic rings. The van der Waals surface area contributed by atoms with Gasteiger partial charge in [0.15, 0.2) is 11.0 Å². The van der Waals surface area contributed by atoms with Gasteiger partial charge >= 0.3 is 0 Å². The van der Waals surface area contributed by atoms with E-state index in [0.29, 0.717) is 36.7 Å². The highest BCUT2D eigenvalue weighted by atomic mass is 32.2. The first kappa shape index (κ1) is 23.5. The lowest BCUT2D eigenvalue weighted by Crippen LogP contribution is -2.36. The lowest BCUT2D eigenvalue weighted by Gasteiger charge is -2.27. The summed E-state index contributed by atoms with van der Waals surface area (Å²) < 4.78 is 32.1. The monoisotopic (exact) mass is 489 g/mol. The van der Waals surface area contributed by atoms with Crippen LogP contribution in [-0.4, -0.2) is 55.5 Å². The molecule has 33 heavy (non-hydrogen) atoms. The van der Waals surface area contributed by atoms with Crippen molar-refractivity contribution in [2.75, 3.05) is 17.6 Å². The fraction of sp³-hybridized carbons (Fsp3) is 0.429. The zero-order chi connectivity index (χ0) is 23.8. The normalized spacial score (nSPS) is 14.3. The van der Waals surface area contributed by atoms with E-state index in [2.05, 4.69) is 22.4 Å². The minimum Gasteiger partial charge on any atom is -0.326 e. The number of thioether (sulfide) groups is 1. The van der Waals surface area contributed by atoms with Crippen LogP contribution >= 0.6 is 11.8 Å². The molecule has 1 amide bonds. The van der Waals surface area contributed by atoms with Crippen molar-refractivity contribution in [2.24, 2.45) is 7.05 Å². The molecule has 0 saturated carbocycles. The first-order valence-corrected chi connectivity index (χ1v) is 13.2. The van der Waals surface area contributed by atoms with Gasteiger partial charge < -0.3 is 9.88 Å². The topological polar surface area (TPSA) is 115 Å². The van der Waals surface area contributed by atoms with E-state index >= 15 is 0 Å². The molecule has 0 spiro atoms. The quantitative estimate of drug-likeness (QED) is 0.507. The molecule has 4 rings (SSSR count). The third kappa shape index (κ3) is 4.42. The van der Waals surface area contributed by atoms with Crippen LogP contribution in [0.5, 0.6) is 0 Å². The van der Waals surface area contributed by atoms with Gasteiger partial charge in [-0.3, -0.25) is 9.48 Å². The second-order valence-electron chi connectivity index (χ2n) is 7.68. The Morgan fingerprint density at radius 2 is 1.91 bits per heavy atom. The van der Waals surface area contributed by atoms with Crippen LogP contribution < -0.4 is 5.32 Å². The van der Waals surface area contributed by atoms with Crippen LogP contribution in [0.2, 0.25) is 0 Å². The number of nitrogens with one attached hydrogen (secondary N) is 1. The number of aromatic nitrogens is 5. The van der Waals surface area contributed by atoms with Gasteiger partial charge in [0.25, 0.3) is 0 Å². The Hall–Kier alpha value is -2.70. The van der Waals surface area contributed by atoms with Crippen molar-refractivity contribution in [1.29, 1.82) is 0 Å². The number of benzene rings is 1. The van der Waals surface area contributed by atoms with E-state index in [4.69, 9.17) is 5.10 Å². The first-order chi connectivity index (χ1) is 15.8. The molecule has 1 aliphatic heterocycles. The average Bonchev–Trinajstić information content (AvgIpc) is 3.34. The van der Waals surface area contributed by atoms with Crippen molar-refractivity contribution < 1.29 is 13.2 Å². The summed E-state index contributed by atoms with van der Waals surface area (Å²) in [6.45, 7) is 6.76. The second kappa shape index (κ2) is 9.27. The summed E-state index contributed by atoms with van der Waals surface area (Å²) in [5, 5.41) is 16.9. The van der Waals surface area contributed by atoms with Crippen LogP contribution in [0, 0.1) is 0 Å². The van der Waals surface area contributed by atoms with Gasteiger partial charge in [0.2, 0.25) is 15.9 Å². The van der Waals surface area contributed by atoms with E-state index in [1.54, 1.807) is 23.9 Å². The number of sulfonamides is 1. The van der Waals surface area contributed by atoms with Gasteiger partial charge in [0.1, 0.15) is 5.69 Å². The van der Waals surface area contributed by atoms with E-state index < -0.39 is 10.0 Å². The summed E-state index contributed by atoms with van der Waals surface area (Å²) in [6, 6.07) is 6.22. The third-order valence-corrected chi connectivity index (χ3v) is 8.25. The smallest absolute Gasteiger partial charge is 0.243 e. The SMILES string of the molecule is CCSc1nnc(-c2nn(C)c3c2CN(S(=O)(=O)c2ccc(NC(C)=O)cc2)CC3)n1CC. The lowest BCUT2D eigenvalue weighted by molar-refractivity contribution is -0.114. The molecule has 3 heterocycles. The molecule has 0 atom stereocenters. The third-order valence-electron chi connectivity index (χ3n) is 5.54. The predicted molar refractivity (Wildman–Crippen MR) is 126 cm³/mol. The highest BCUT2D eigenvalue weighted by molar-refractivity contribution is 7.99. The number of rotatable bonds is 7. The molecule has 1 aliphatic rings. The fourth-order valence-corrected chi connectivity index (χ4v) is 6.14. The number of hydrogen-bond acceptors (Lipinski definition) is 7. The number of hydrogen-bond donors (Lipinski definition) is 1. The number of anilines is 1. The second-order valence-corrected chi connectivity index (χ2v) is 10.8. The van der Waals surface area contributed by atoms with Gasteiger partial charge in [-0.05, 0) is 36.9 Å². The van der Waals surface area contributed by atoms with Crippen molar-refractivity contribution in [3.8, 4) is 11.5 Å². The minimum absolute atomic E-state index is 0.184. The Kier molecular flexibility index (Phi) is 6.59. The Morgan fingerprint density at radius 1 is 1.18 bits per heavy atom. The molecule has 0 saturated heterocycles. The molecule has 2 aromatic heterocycles. The van der Waals surface area contributed by atoms with Crippen LogP contribution in [0.25, 0.3) is 11.5 Å². The maximum atomic E-state index is 13.4. The fourth-order valence-electron chi connectivity index (χ4n) is 4.00. The highest BCUT2D eigenvalue weighted by Gasteiger charge is 2.33. The number of carbonyl (C=O) groups excluding carboxylic acids is 1. The maximum Gasteiger partial charge on any atom is 0.243 e. The number of fused-ring (bicyclic) bond motifs is 1. The van der Waals surface area contributed by atoms with Gasteiger partial charge in [-0.25, -0.2) is 8.42 Å². The van der Waals surface area contributed by atoms with Crippen molar-refractivity contribution in [1.82, 2.24) is 28.9 Å². The van der Waals surface area contributed by atoms with E-state index in [9.17, 15) is 13.2 Å². The lowest BCUT2D eigenvalue weighted by atomic mass is 10.1. The maximum absolute atomic E-state index is 13.4. The highest BCUT2D eigenvalue weighted by Crippen LogP contribution is 2.33. The Morgan fingerprint density at radius 3 is 2.55 bits per heavy atom. The Labute approximate surface area is 197 Å². The molecule has 12 heteroatoms. The predicted octanol–water partition coefficient (Wildman–Crippen LogP) is 2.52. The van der Waals surface area contributed by atoms with Crippen molar-refractivity contribution >= 4 is 33.4 Å². The van der Waals surface area contributed by atoms with E-state index in [0.717, 1.165) is 22.2 Å². The van der Waals surface area contributed by atoms with Crippen LogP contribution in [0.15, 0.2) is 34.3 Å². The minimum atomic E-state index is -3.72. The summed E-state index contributed by atoms with van der Waals surface area (Å²) >= 11 is 1.62. The van der Waals surface area contributed by atoms with E-state index in [1.807, 2.05) is 23.2 Å². The zero-order valence-corrected chi connectivity index (χ0v) is 20.7. The molecule has 0 aliphatic carbocycles. The summed E-state index contributed by atoms with van der Waals surface area (Å²) in [5.41, 5.74) is 3.09. The average molecular weight is 490 g/mol. The van der Waals surface area contributed by atoms with Crippen LogP contribution in [0.3, 0.4) is 0 Å². The van der Waals surface area contributed by atoms with Crippen LogP contribution in [0.4, 0.5) is 5.69 Å². The van der Waals surface area contributed by atoms with Crippen LogP contribution in [0.1, 0.15) is 32.0 Å². The van der Waals surface area contributed by atoms with Gasteiger partial charge in [-0.2, -0.15) is 9.40 Å². The standard InChI is InChI=1S/C21H27N7O3S2/c1-5-28-20(23-24-21(28)32-6-2)19-17-13-27(12-11-18(17)26(4)25-19)33(30,31)16-9-7-15(8-10-16)22-14(3)29/h7-10H,5-6,11-13H2,1-4H3,(H,22,29). The summed E-state index contributed by atoms with van der Waals surface area (Å²) in [4.78, 5) is 11.4. The van der Waals surface area contributed by atoms with Gasteiger partial charge in [-0.1, -0.05) is 18.7 Å². The summed E-state index contributed by atoms with van der Waals surface area (Å²) in [6.07, 6.45) is 0.554. The summed E-state index contributed by atoms with van der Waals surface area (Å²) in [5.74, 6) is 1.33. The molecule has 176 valence electrons.